The molecule has 2 unspecified atom stereocenters. The van der Waals surface area contributed by atoms with Crippen LogP contribution in [0.15, 0.2) is 6.07 Å². The van der Waals surface area contributed by atoms with Gasteiger partial charge in [-0.2, -0.15) is 0 Å². The van der Waals surface area contributed by atoms with Crippen LogP contribution in [0.1, 0.15) is 117 Å². The summed E-state index contributed by atoms with van der Waals surface area (Å²) in [6.45, 7) is 12.0. The molecule has 2 aromatic heterocycles. The van der Waals surface area contributed by atoms with Crippen LogP contribution in [0.5, 0.6) is 0 Å². The molecule has 3 fully saturated rings. The molecule has 0 radical (unpaired) electrons. The number of rotatable bonds is 8. The quantitative estimate of drug-likeness (QED) is 0.486. The van der Waals surface area contributed by atoms with Crippen LogP contribution in [0.3, 0.4) is 0 Å². The average molecular weight is 498 g/mol. The molecule has 192 valence electrons. The summed E-state index contributed by atoms with van der Waals surface area (Å²) in [7, 11) is 0. The number of aromatic nitrogens is 3. The normalized spacial score (nSPS) is 26.1. The molecule has 2 saturated heterocycles. The number of aryl methyl sites for hydroxylation is 3. The Balaban J connectivity index is 1.27. The number of carbonyl (C=O) groups is 1. The zero-order valence-corrected chi connectivity index (χ0v) is 23.0. The summed E-state index contributed by atoms with van der Waals surface area (Å²) in [5.41, 5.74) is 1.34. The van der Waals surface area contributed by atoms with E-state index in [1.54, 1.807) is 0 Å². The van der Waals surface area contributed by atoms with Gasteiger partial charge in [-0.15, -0.1) is 21.5 Å². The Morgan fingerprint density at radius 2 is 1.74 bits per heavy atom. The zero-order chi connectivity index (χ0) is 24.7. The molecular formula is C28H43N5OS. The maximum atomic E-state index is 13.1. The van der Waals surface area contributed by atoms with Crippen LogP contribution in [0.2, 0.25) is 0 Å². The van der Waals surface area contributed by atoms with Gasteiger partial charge >= 0.3 is 0 Å². The first-order chi connectivity index (χ1) is 16.8. The van der Waals surface area contributed by atoms with Gasteiger partial charge < -0.3 is 9.88 Å². The molecule has 0 aromatic carbocycles. The molecule has 1 saturated carbocycles. The fourth-order valence-electron chi connectivity index (χ4n) is 6.87. The molecule has 3 atom stereocenters. The van der Waals surface area contributed by atoms with Crippen LogP contribution in [-0.4, -0.2) is 44.2 Å². The molecule has 3 aliphatic rings. The minimum absolute atomic E-state index is 0.130. The number of fused-ring (bicyclic) bond motifs is 2. The fourth-order valence-corrected chi connectivity index (χ4v) is 8.00. The highest BCUT2D eigenvalue weighted by molar-refractivity contribution is 7.12. The number of carbonyl (C=O) groups excluding carboxylic acids is 1. The molecule has 1 N–H and O–H groups in total. The molecule has 1 amide bonds. The molecule has 0 spiro atoms. The monoisotopic (exact) mass is 497 g/mol. The van der Waals surface area contributed by atoms with Gasteiger partial charge in [0.1, 0.15) is 11.6 Å². The lowest BCUT2D eigenvalue weighted by Crippen LogP contribution is -2.45. The zero-order valence-electron chi connectivity index (χ0n) is 22.2. The van der Waals surface area contributed by atoms with Crippen molar-refractivity contribution in [1.29, 1.82) is 0 Å². The van der Waals surface area contributed by atoms with Crippen molar-refractivity contribution in [2.75, 3.05) is 6.54 Å². The predicted octanol–water partition coefficient (Wildman–Crippen LogP) is 5.99. The Labute approximate surface area is 214 Å². The largest absolute Gasteiger partial charge is 0.348 e. The Kier molecular flexibility index (Phi) is 7.36. The summed E-state index contributed by atoms with van der Waals surface area (Å²) >= 11 is 1.86. The standard InChI is InChI=1S/C28H43N5OS/c1-17(2)27-31-30-20(5)33(27)24-15-22-10-11-23(16-24)32(22)13-12-25(26-14-18(3)19(4)35-26)29-28(34)21-8-6-7-9-21/h14,17,21-25H,6-13,15-16H2,1-5H3,(H,29,34)/t22?,23?,24?,25-/m0/s1. The van der Waals surface area contributed by atoms with Gasteiger partial charge in [-0.3, -0.25) is 9.69 Å². The van der Waals surface area contributed by atoms with E-state index in [-0.39, 0.29) is 17.9 Å². The second kappa shape index (κ2) is 10.3. The Bertz CT molecular complexity index is 1000. The third-order valence-corrected chi connectivity index (χ3v) is 10.1. The molecule has 5 rings (SSSR count). The summed E-state index contributed by atoms with van der Waals surface area (Å²) in [4.78, 5) is 18.5. The number of amides is 1. The summed E-state index contributed by atoms with van der Waals surface area (Å²) < 4.78 is 2.44. The molecule has 2 bridgehead atoms. The molecule has 2 aliphatic heterocycles. The van der Waals surface area contributed by atoms with Gasteiger partial charge in [-0.25, -0.2) is 0 Å². The van der Waals surface area contributed by atoms with E-state index < -0.39 is 0 Å². The van der Waals surface area contributed by atoms with Crippen LogP contribution in [0.4, 0.5) is 0 Å². The van der Waals surface area contributed by atoms with E-state index in [0.29, 0.717) is 24.0 Å². The number of hydrogen-bond donors (Lipinski definition) is 1. The number of nitrogens with zero attached hydrogens (tertiary/aromatic N) is 4. The second-order valence-corrected chi connectivity index (χ2v) is 12.9. The van der Waals surface area contributed by atoms with Crippen LogP contribution in [-0.2, 0) is 4.79 Å². The van der Waals surface area contributed by atoms with Gasteiger partial charge in [0, 0.05) is 46.3 Å². The lowest BCUT2D eigenvalue weighted by molar-refractivity contribution is -0.125. The van der Waals surface area contributed by atoms with E-state index in [4.69, 9.17) is 0 Å². The summed E-state index contributed by atoms with van der Waals surface area (Å²) in [5.74, 6) is 3.09. The summed E-state index contributed by atoms with van der Waals surface area (Å²) in [5, 5.41) is 12.4. The molecule has 1 aliphatic carbocycles. The minimum Gasteiger partial charge on any atom is -0.348 e. The number of piperidine rings is 1. The topological polar surface area (TPSA) is 63.1 Å². The summed E-state index contributed by atoms with van der Waals surface area (Å²) in [6.07, 6.45) is 10.4. The van der Waals surface area contributed by atoms with Gasteiger partial charge in [-0.1, -0.05) is 26.7 Å². The molecule has 2 aromatic rings. The van der Waals surface area contributed by atoms with Crippen molar-refractivity contribution in [1.82, 2.24) is 25.0 Å². The van der Waals surface area contributed by atoms with Gasteiger partial charge in [0.05, 0.1) is 6.04 Å². The Morgan fingerprint density at radius 3 is 2.34 bits per heavy atom. The van der Waals surface area contributed by atoms with Crippen LogP contribution in [0, 0.1) is 26.7 Å². The van der Waals surface area contributed by atoms with Crippen molar-refractivity contribution in [3.8, 4) is 0 Å². The highest BCUT2D eigenvalue weighted by atomic mass is 32.1. The number of thiophene rings is 1. The van der Waals surface area contributed by atoms with Gasteiger partial charge in [0.2, 0.25) is 5.91 Å². The fraction of sp³-hybridized carbons (Fsp3) is 0.750. The van der Waals surface area contributed by atoms with E-state index in [9.17, 15) is 4.79 Å². The molecule has 4 heterocycles. The maximum absolute atomic E-state index is 13.1. The Morgan fingerprint density at radius 1 is 1.06 bits per heavy atom. The first kappa shape index (κ1) is 24.9. The molecule has 6 nitrogen and oxygen atoms in total. The van der Waals surface area contributed by atoms with Crippen molar-refractivity contribution >= 4 is 17.2 Å². The number of nitrogens with one attached hydrogen (secondary N) is 1. The van der Waals surface area contributed by atoms with Gasteiger partial charge in [0.25, 0.3) is 0 Å². The maximum Gasteiger partial charge on any atom is 0.223 e. The highest BCUT2D eigenvalue weighted by Gasteiger charge is 2.42. The van der Waals surface area contributed by atoms with E-state index in [1.807, 2.05) is 11.3 Å². The van der Waals surface area contributed by atoms with Crippen molar-refractivity contribution < 1.29 is 4.79 Å². The van der Waals surface area contributed by atoms with E-state index in [0.717, 1.165) is 37.5 Å². The molecule has 7 heteroatoms. The van der Waals surface area contributed by atoms with Crippen LogP contribution >= 0.6 is 11.3 Å². The van der Waals surface area contributed by atoms with E-state index in [2.05, 4.69) is 65.7 Å². The smallest absolute Gasteiger partial charge is 0.223 e. The van der Waals surface area contributed by atoms with Crippen molar-refractivity contribution in [3.05, 3.63) is 33.0 Å². The highest BCUT2D eigenvalue weighted by Crippen LogP contribution is 2.42. The average Bonchev–Trinajstić information content (AvgIpc) is 3.59. The molecular weight excluding hydrogens is 454 g/mol. The van der Waals surface area contributed by atoms with Crippen molar-refractivity contribution in [2.45, 2.75) is 122 Å². The lowest BCUT2D eigenvalue weighted by Gasteiger charge is -2.40. The SMILES string of the molecule is Cc1cc([C@H](CCN2C3CCC2CC(n2c(C)nnc2C(C)C)C3)NC(=O)C2CCCC2)sc1C. The lowest BCUT2D eigenvalue weighted by atomic mass is 9.95. The van der Waals surface area contributed by atoms with Gasteiger partial charge in [-0.05, 0) is 77.3 Å². The van der Waals surface area contributed by atoms with Crippen LogP contribution in [0.25, 0.3) is 0 Å². The third kappa shape index (κ3) is 5.08. The van der Waals surface area contributed by atoms with Crippen molar-refractivity contribution in [2.24, 2.45) is 5.92 Å². The minimum atomic E-state index is 0.130. The van der Waals surface area contributed by atoms with Crippen molar-refractivity contribution in [3.63, 3.8) is 0 Å². The number of hydrogen-bond acceptors (Lipinski definition) is 5. The molecule has 35 heavy (non-hydrogen) atoms. The second-order valence-electron chi connectivity index (χ2n) is 11.6. The first-order valence-corrected chi connectivity index (χ1v) is 14.7. The predicted molar refractivity (Wildman–Crippen MR) is 142 cm³/mol. The Hall–Kier alpha value is -1.73. The first-order valence-electron chi connectivity index (χ1n) is 13.9. The van der Waals surface area contributed by atoms with Gasteiger partial charge in [0.15, 0.2) is 0 Å². The summed E-state index contributed by atoms with van der Waals surface area (Å²) in [6, 6.07) is 4.20. The third-order valence-electron chi connectivity index (χ3n) is 8.88. The van der Waals surface area contributed by atoms with E-state index >= 15 is 0 Å². The van der Waals surface area contributed by atoms with Crippen LogP contribution < -0.4 is 5.32 Å². The van der Waals surface area contributed by atoms with E-state index in [1.165, 1.54) is 53.8 Å².